The third-order valence-electron chi connectivity index (χ3n) is 1.48. The highest BCUT2D eigenvalue weighted by molar-refractivity contribution is 8.01. The van der Waals surface area contributed by atoms with E-state index in [-0.39, 0.29) is 5.25 Å². The molecule has 46 valence electrons. The largest absolute Gasteiger partial charge is 0.298 e. The van der Waals surface area contributed by atoms with Gasteiger partial charge in [-0.05, 0) is 6.92 Å². The number of ketones is 1. The molecule has 2 heteroatoms. The van der Waals surface area contributed by atoms with Gasteiger partial charge in [-0.15, -0.1) is 0 Å². The Morgan fingerprint density at radius 2 is 2.25 bits per heavy atom. The van der Waals surface area contributed by atoms with Crippen LogP contribution in [0.15, 0.2) is 0 Å². The van der Waals surface area contributed by atoms with Crippen LogP contribution in [0, 0.1) is 5.92 Å². The van der Waals surface area contributed by atoms with E-state index in [1.54, 1.807) is 11.8 Å². The summed E-state index contributed by atoms with van der Waals surface area (Å²) in [5.41, 5.74) is 0. The summed E-state index contributed by atoms with van der Waals surface area (Å²) in [5, 5.41) is 0.269. The first-order valence-corrected chi connectivity index (χ1v) is 3.92. The monoisotopic (exact) mass is 130 g/mol. The van der Waals surface area contributed by atoms with Gasteiger partial charge in [0.2, 0.25) is 0 Å². The van der Waals surface area contributed by atoms with E-state index in [0.717, 1.165) is 5.75 Å². The number of carbonyl (C=O) groups excluding carboxylic acids is 1. The summed E-state index contributed by atoms with van der Waals surface area (Å²) in [7, 11) is 0. The van der Waals surface area contributed by atoms with Gasteiger partial charge in [0.15, 0.2) is 0 Å². The summed E-state index contributed by atoms with van der Waals surface area (Å²) in [6.45, 7) is 3.98. The molecular weight excluding hydrogens is 120 g/mol. The summed E-state index contributed by atoms with van der Waals surface area (Å²) < 4.78 is 0. The molecule has 1 fully saturated rings. The van der Waals surface area contributed by atoms with Crippen molar-refractivity contribution in [2.24, 2.45) is 5.92 Å². The van der Waals surface area contributed by atoms with Crippen molar-refractivity contribution in [2.45, 2.75) is 19.1 Å². The molecule has 0 aromatic heterocycles. The van der Waals surface area contributed by atoms with Crippen molar-refractivity contribution in [2.75, 3.05) is 5.75 Å². The molecule has 2 atom stereocenters. The van der Waals surface area contributed by atoms with Gasteiger partial charge in [-0.2, -0.15) is 11.8 Å². The summed E-state index contributed by atoms with van der Waals surface area (Å²) in [4.78, 5) is 10.9. The normalized spacial score (nSPS) is 38.5. The van der Waals surface area contributed by atoms with E-state index in [9.17, 15) is 4.79 Å². The highest BCUT2D eigenvalue weighted by Gasteiger charge is 2.27. The number of Topliss-reactive ketones (excluding diaryl/α,β-unsaturated/α-hetero) is 1. The molecule has 0 amide bonds. The summed E-state index contributed by atoms with van der Waals surface area (Å²) in [6.07, 6.45) is 0. The van der Waals surface area contributed by atoms with Gasteiger partial charge in [0.1, 0.15) is 5.78 Å². The SMILES string of the molecule is C[C@@H]1CS[C@H](C)C1=O. The number of hydrogen-bond acceptors (Lipinski definition) is 2. The number of thioether (sulfide) groups is 1. The number of hydrogen-bond donors (Lipinski definition) is 0. The zero-order valence-corrected chi connectivity index (χ0v) is 5.99. The molecule has 0 N–H and O–H groups in total. The molecule has 1 nitrogen and oxygen atoms in total. The van der Waals surface area contributed by atoms with E-state index in [0.29, 0.717) is 11.7 Å². The molecule has 8 heavy (non-hydrogen) atoms. The average molecular weight is 130 g/mol. The molecule has 1 saturated heterocycles. The van der Waals surface area contributed by atoms with Crippen molar-refractivity contribution in [3.63, 3.8) is 0 Å². The van der Waals surface area contributed by atoms with E-state index in [1.807, 2.05) is 13.8 Å². The molecule has 0 aromatic carbocycles. The maximum absolute atomic E-state index is 10.9. The van der Waals surface area contributed by atoms with Crippen LogP contribution in [0.25, 0.3) is 0 Å². The fraction of sp³-hybridized carbons (Fsp3) is 0.833. The Morgan fingerprint density at radius 3 is 2.38 bits per heavy atom. The van der Waals surface area contributed by atoms with Gasteiger partial charge in [-0.3, -0.25) is 4.79 Å². The van der Waals surface area contributed by atoms with Crippen LogP contribution < -0.4 is 0 Å². The minimum Gasteiger partial charge on any atom is -0.298 e. The fourth-order valence-electron chi connectivity index (χ4n) is 0.854. The van der Waals surface area contributed by atoms with E-state index < -0.39 is 0 Å². The molecule has 0 aliphatic carbocycles. The molecule has 0 bridgehead atoms. The van der Waals surface area contributed by atoms with E-state index in [2.05, 4.69) is 0 Å². The van der Waals surface area contributed by atoms with Crippen LogP contribution in [0.3, 0.4) is 0 Å². The van der Waals surface area contributed by atoms with Gasteiger partial charge < -0.3 is 0 Å². The third kappa shape index (κ3) is 0.895. The van der Waals surface area contributed by atoms with Gasteiger partial charge in [0.05, 0.1) is 5.25 Å². The second-order valence-electron chi connectivity index (χ2n) is 2.28. The van der Waals surface area contributed by atoms with E-state index in [4.69, 9.17) is 0 Å². The quantitative estimate of drug-likeness (QED) is 0.492. The highest BCUT2D eigenvalue weighted by atomic mass is 32.2. The molecule has 0 radical (unpaired) electrons. The summed E-state index contributed by atoms with van der Waals surface area (Å²) >= 11 is 1.76. The number of rotatable bonds is 0. The molecule has 0 aromatic rings. The van der Waals surface area contributed by atoms with Crippen LogP contribution in [0.5, 0.6) is 0 Å². The molecule has 1 rings (SSSR count). The second-order valence-corrected chi connectivity index (χ2v) is 3.65. The van der Waals surface area contributed by atoms with Gasteiger partial charge in [-0.25, -0.2) is 0 Å². The first kappa shape index (κ1) is 6.14. The summed E-state index contributed by atoms with van der Waals surface area (Å²) in [6, 6.07) is 0. The smallest absolute Gasteiger partial charge is 0.149 e. The van der Waals surface area contributed by atoms with Gasteiger partial charge >= 0.3 is 0 Å². The molecule has 1 aliphatic rings. The maximum Gasteiger partial charge on any atom is 0.149 e. The lowest BCUT2D eigenvalue weighted by molar-refractivity contribution is -0.120. The first-order valence-electron chi connectivity index (χ1n) is 2.87. The van der Waals surface area contributed by atoms with Gasteiger partial charge in [0, 0.05) is 11.7 Å². The van der Waals surface area contributed by atoms with Crippen molar-refractivity contribution in [3.05, 3.63) is 0 Å². The van der Waals surface area contributed by atoms with Crippen molar-refractivity contribution in [1.29, 1.82) is 0 Å². The minimum atomic E-state index is 0.269. The third-order valence-corrected chi connectivity index (χ3v) is 2.91. The van der Waals surface area contributed by atoms with Crippen molar-refractivity contribution in [1.82, 2.24) is 0 Å². The Labute approximate surface area is 53.8 Å². The predicted molar refractivity (Wildman–Crippen MR) is 36.1 cm³/mol. The van der Waals surface area contributed by atoms with Crippen LogP contribution in [0.2, 0.25) is 0 Å². The first-order chi connectivity index (χ1) is 3.72. The summed E-state index contributed by atoms with van der Waals surface area (Å²) in [5.74, 6) is 1.77. The molecular formula is C6H10OS. The minimum absolute atomic E-state index is 0.269. The van der Waals surface area contributed by atoms with E-state index >= 15 is 0 Å². The predicted octanol–water partition coefficient (Wildman–Crippen LogP) is 1.33. The van der Waals surface area contributed by atoms with Gasteiger partial charge in [0.25, 0.3) is 0 Å². The Morgan fingerprint density at radius 1 is 1.62 bits per heavy atom. The number of carbonyl (C=O) groups is 1. The van der Waals surface area contributed by atoms with E-state index in [1.165, 1.54) is 0 Å². The van der Waals surface area contributed by atoms with Crippen LogP contribution in [0.4, 0.5) is 0 Å². The molecule has 0 saturated carbocycles. The zero-order chi connectivity index (χ0) is 6.15. The zero-order valence-electron chi connectivity index (χ0n) is 5.18. The van der Waals surface area contributed by atoms with Gasteiger partial charge in [-0.1, -0.05) is 6.92 Å². The van der Waals surface area contributed by atoms with Crippen molar-refractivity contribution < 1.29 is 4.79 Å². The molecule has 1 aliphatic heterocycles. The van der Waals surface area contributed by atoms with Crippen LogP contribution >= 0.6 is 11.8 Å². The molecule has 0 unspecified atom stereocenters. The van der Waals surface area contributed by atoms with Crippen molar-refractivity contribution >= 4 is 17.5 Å². The Balaban J connectivity index is 2.57. The fourth-order valence-corrected chi connectivity index (χ4v) is 1.99. The van der Waals surface area contributed by atoms with Crippen LogP contribution in [-0.2, 0) is 4.79 Å². The lowest BCUT2D eigenvalue weighted by Crippen LogP contribution is -2.12. The Bertz CT molecular complexity index is 99.1. The lowest BCUT2D eigenvalue weighted by atomic mass is 10.1. The van der Waals surface area contributed by atoms with Crippen LogP contribution in [-0.4, -0.2) is 16.8 Å². The highest BCUT2D eigenvalue weighted by Crippen LogP contribution is 2.26. The molecule has 1 heterocycles. The van der Waals surface area contributed by atoms with Crippen LogP contribution in [0.1, 0.15) is 13.8 Å². The average Bonchev–Trinajstić information content (AvgIpc) is 1.98. The Kier molecular flexibility index (Phi) is 1.61. The second kappa shape index (κ2) is 2.09. The lowest BCUT2D eigenvalue weighted by Gasteiger charge is -1.95. The topological polar surface area (TPSA) is 17.1 Å². The van der Waals surface area contributed by atoms with Crippen molar-refractivity contribution in [3.8, 4) is 0 Å². The standard InChI is InChI=1S/C6H10OS/c1-4-3-8-5(2)6(4)7/h4-5H,3H2,1-2H3/t4-,5-/m1/s1. The maximum atomic E-state index is 10.9. The Hall–Kier alpha value is 0.0200. The molecule has 0 spiro atoms.